The molecule has 3 heterocycles. The van der Waals surface area contributed by atoms with Gasteiger partial charge >= 0.3 is 5.92 Å². The number of hydrogen-bond acceptors (Lipinski definition) is 6. The van der Waals surface area contributed by atoms with E-state index in [1.807, 2.05) is 0 Å². The lowest BCUT2D eigenvalue weighted by molar-refractivity contribution is -0.151. The van der Waals surface area contributed by atoms with Gasteiger partial charge in [-0.25, -0.2) is 0 Å². The highest BCUT2D eigenvalue weighted by Gasteiger charge is 2.49. The minimum atomic E-state index is -3.99. The van der Waals surface area contributed by atoms with Crippen LogP contribution in [-0.2, 0) is 10.7 Å². The van der Waals surface area contributed by atoms with Gasteiger partial charge in [0.05, 0.1) is 6.04 Å². The Bertz CT molecular complexity index is 1390. The van der Waals surface area contributed by atoms with Gasteiger partial charge in [0.2, 0.25) is 0 Å². The fourth-order valence-electron chi connectivity index (χ4n) is 5.63. The van der Waals surface area contributed by atoms with E-state index in [9.17, 15) is 9.90 Å². The van der Waals surface area contributed by atoms with Gasteiger partial charge in [-0.05, 0) is 65.5 Å². The average molecular weight is 554 g/mol. The van der Waals surface area contributed by atoms with Crippen molar-refractivity contribution in [1.82, 2.24) is 10.2 Å². The third-order valence-corrected chi connectivity index (χ3v) is 8.10. The number of aliphatic hydroxyl groups excluding tert-OH is 1. The molecule has 1 aromatic heterocycles. The highest BCUT2D eigenvalue weighted by molar-refractivity contribution is 6.45. The Labute approximate surface area is 234 Å². The molecule has 0 bridgehead atoms. The zero-order chi connectivity index (χ0) is 28.2. The average Bonchev–Trinajstić information content (AvgIpc) is 3.41. The summed E-state index contributed by atoms with van der Waals surface area (Å²) in [6.45, 7) is 0.917. The molecule has 202 valence electrons. The van der Waals surface area contributed by atoms with Gasteiger partial charge in [0.15, 0.2) is 17.3 Å². The Morgan fingerprint density at radius 1 is 1.05 bits per heavy atom. The molecule has 39 heavy (non-hydrogen) atoms. The highest BCUT2D eigenvalue weighted by Crippen LogP contribution is 2.38. The number of ether oxygens (including phenoxy) is 2. The second kappa shape index (κ2) is 10.1. The van der Waals surface area contributed by atoms with Crippen molar-refractivity contribution in [1.29, 1.82) is 0 Å². The molecule has 7 nitrogen and oxygen atoms in total. The maximum Gasteiger partial charge on any atom is 0.380 e. The number of rotatable bonds is 7. The number of nitrogens with zero attached hydrogens (tertiary/aromatic N) is 1. The monoisotopic (exact) mass is 554 g/mol. The van der Waals surface area contributed by atoms with Crippen LogP contribution < -0.4 is 14.8 Å². The molecule has 0 saturated carbocycles. The van der Waals surface area contributed by atoms with Crippen molar-refractivity contribution in [2.45, 2.75) is 41.6 Å². The molecule has 2 aliphatic heterocycles. The number of halogens is 3. The van der Waals surface area contributed by atoms with E-state index < -0.39 is 29.7 Å². The normalized spacial score (nSPS) is 20.0. The summed E-state index contributed by atoms with van der Waals surface area (Å²) in [5.41, 5.74) is 0.608. The van der Waals surface area contributed by atoms with E-state index in [1.165, 1.54) is 18.2 Å². The molecule has 0 aliphatic carbocycles. The van der Waals surface area contributed by atoms with Crippen LogP contribution in [0, 0.1) is 0 Å². The summed E-state index contributed by atoms with van der Waals surface area (Å²) in [4.78, 5) is 15.3. The predicted octanol–water partition coefficient (Wildman–Crippen LogP) is 0.103. The van der Waals surface area contributed by atoms with Crippen LogP contribution in [0.2, 0.25) is 5.02 Å². The summed E-state index contributed by atoms with van der Waals surface area (Å²) < 4.78 is 47.5. The minimum absolute atomic E-state index is 0.146. The lowest BCUT2D eigenvalue weighted by Crippen LogP contribution is -2.61. The molecular formula is C25H29B4ClF2N2O5. The number of benzene rings is 2. The summed E-state index contributed by atoms with van der Waals surface area (Å²) in [6, 6.07) is 9.48. The molecule has 1 saturated heterocycles. The third-order valence-electron chi connectivity index (χ3n) is 7.87. The van der Waals surface area contributed by atoms with Gasteiger partial charge in [-0.2, -0.15) is 8.78 Å². The number of carbonyl (C=O) groups is 1. The fraction of sp³-hybridized carbons (Fsp3) is 0.400. The van der Waals surface area contributed by atoms with E-state index in [-0.39, 0.29) is 22.8 Å². The molecule has 2 aliphatic rings. The topological polar surface area (TPSA) is 84.2 Å². The molecule has 2 aromatic carbocycles. The van der Waals surface area contributed by atoms with Gasteiger partial charge in [-0.3, -0.25) is 4.79 Å². The Morgan fingerprint density at radius 2 is 1.72 bits per heavy atom. The summed E-state index contributed by atoms with van der Waals surface area (Å²) in [7, 11) is 8.30. The van der Waals surface area contributed by atoms with Gasteiger partial charge < -0.3 is 29.2 Å². The van der Waals surface area contributed by atoms with E-state index in [1.54, 1.807) is 18.2 Å². The van der Waals surface area contributed by atoms with Gasteiger partial charge in [0.25, 0.3) is 5.91 Å². The maximum absolute atomic E-state index is 15.5. The minimum Gasteiger partial charge on any atom is -0.486 e. The van der Waals surface area contributed by atoms with Gasteiger partial charge in [-0.1, -0.05) is 17.7 Å². The first-order valence-corrected chi connectivity index (χ1v) is 13.4. The Kier molecular flexibility index (Phi) is 7.23. The molecule has 2 atom stereocenters. The number of furan rings is 1. The molecule has 14 heteroatoms. The van der Waals surface area contributed by atoms with Crippen molar-refractivity contribution in [3.63, 3.8) is 0 Å². The van der Waals surface area contributed by atoms with Gasteiger partial charge in [0.1, 0.15) is 56.3 Å². The first-order valence-electron chi connectivity index (χ1n) is 13.0. The lowest BCUT2D eigenvalue weighted by atomic mass is 9.58. The number of fused-ring (bicyclic) bond motifs is 2. The van der Waals surface area contributed by atoms with E-state index >= 15 is 8.78 Å². The molecule has 1 amide bonds. The fourth-order valence-corrected chi connectivity index (χ4v) is 5.81. The molecule has 3 aromatic rings. The second-order valence-corrected chi connectivity index (χ2v) is 12.0. The van der Waals surface area contributed by atoms with Crippen molar-refractivity contribution in [3.05, 3.63) is 58.8 Å². The Morgan fingerprint density at radius 3 is 2.41 bits per heavy atom. The summed E-state index contributed by atoms with van der Waals surface area (Å²) in [6.07, 6.45) is 0.471. The van der Waals surface area contributed by atoms with Crippen molar-refractivity contribution < 1.29 is 32.6 Å². The molecule has 5 rings (SSSR count). The first kappa shape index (κ1) is 27.9. The van der Waals surface area contributed by atoms with Crippen LogP contribution in [0.1, 0.15) is 30.3 Å². The molecule has 0 unspecified atom stereocenters. The molecule has 1 fully saturated rings. The van der Waals surface area contributed by atoms with Gasteiger partial charge in [0, 0.05) is 17.0 Å². The second-order valence-electron chi connectivity index (χ2n) is 11.5. The maximum atomic E-state index is 15.5. The number of nitrogens with one attached hydrogen (secondary N) is 1. The summed E-state index contributed by atoms with van der Waals surface area (Å²) >= 11 is 5.98. The van der Waals surface area contributed by atoms with Crippen LogP contribution in [0.4, 0.5) is 8.78 Å². The van der Waals surface area contributed by atoms with Crippen molar-refractivity contribution in [2.24, 2.45) is 0 Å². The third kappa shape index (κ3) is 5.41. The number of likely N-dealkylation sites (tertiary alicyclic amines) is 1. The molecule has 2 N–H and O–H groups in total. The van der Waals surface area contributed by atoms with Crippen LogP contribution in [0.3, 0.4) is 0 Å². The highest BCUT2D eigenvalue weighted by atomic mass is 35.5. The Hall–Kier alpha value is -2.62. The predicted molar refractivity (Wildman–Crippen MR) is 155 cm³/mol. The molecule has 0 spiro atoms. The number of hydrogen-bond donors (Lipinski definition) is 2. The largest absolute Gasteiger partial charge is 0.486 e. The Balaban J connectivity index is 1.46. The SMILES string of the molecule is BC1(B)CCC(B)(B)N1C[C@@H](NC(=O)C(F)(F)c1cc2cc(Cl)ccc2o1)[C@H](O)c1ccc2c(c1)OCCO2. The number of carbonyl (C=O) groups excluding carboxylic acids is 1. The van der Waals surface area contributed by atoms with Gasteiger partial charge in [-0.15, -0.1) is 0 Å². The first-order chi connectivity index (χ1) is 18.3. The smallest absolute Gasteiger partial charge is 0.380 e. The number of amides is 1. The standard InChI is InChI=1S/C25H29B4ClF2N2O5/c26-23(27)5-6-24(28,29)34(23)12-16(21(35)13-1-3-18-19(10-13)38-8-7-37-18)33-22(36)25(31,32)20-11-14-9-15(30)2-4-17(14)39-20/h1-4,9-11,16,21,35H,5-8,12,26-29H2,(H,33,36)/t16-,21-/m1/s1. The van der Waals surface area contributed by atoms with E-state index in [0.29, 0.717) is 40.7 Å². The van der Waals surface area contributed by atoms with Crippen molar-refractivity contribution in [3.8, 4) is 11.5 Å². The van der Waals surface area contributed by atoms with Crippen LogP contribution in [-0.4, -0.2) is 83.8 Å². The summed E-state index contributed by atoms with van der Waals surface area (Å²) in [5, 5.41) is 14.1. The van der Waals surface area contributed by atoms with Crippen molar-refractivity contribution >= 4 is 59.9 Å². The zero-order valence-electron chi connectivity index (χ0n) is 22.4. The van der Waals surface area contributed by atoms with Crippen LogP contribution >= 0.6 is 11.6 Å². The number of aliphatic hydroxyl groups is 1. The van der Waals surface area contributed by atoms with Crippen LogP contribution in [0.15, 0.2) is 46.9 Å². The molecular weight excluding hydrogens is 525 g/mol. The molecule has 0 radical (unpaired) electrons. The van der Waals surface area contributed by atoms with Crippen LogP contribution in [0.5, 0.6) is 11.5 Å². The zero-order valence-corrected chi connectivity index (χ0v) is 23.1. The van der Waals surface area contributed by atoms with E-state index in [2.05, 4.69) is 41.6 Å². The van der Waals surface area contributed by atoms with Crippen molar-refractivity contribution in [2.75, 3.05) is 19.8 Å². The quantitative estimate of drug-likeness (QED) is 0.404. The van der Waals surface area contributed by atoms with E-state index in [0.717, 1.165) is 18.9 Å². The number of alkyl halides is 2. The van der Waals surface area contributed by atoms with E-state index in [4.69, 9.17) is 25.5 Å². The summed E-state index contributed by atoms with van der Waals surface area (Å²) in [5.74, 6) is -5.37. The lowest BCUT2D eigenvalue weighted by Gasteiger charge is -2.44. The van der Waals surface area contributed by atoms with Crippen LogP contribution in [0.25, 0.3) is 11.0 Å².